The second-order valence-corrected chi connectivity index (χ2v) is 12.6. The number of hydrogen-bond donors (Lipinski definition) is 2. The molecule has 0 bridgehead atoms. The lowest BCUT2D eigenvalue weighted by Gasteiger charge is -2.23. The average Bonchev–Trinajstić information content (AvgIpc) is 3.04. The van der Waals surface area contributed by atoms with Gasteiger partial charge in [-0.25, -0.2) is 0 Å². The molecule has 0 radical (unpaired) electrons. The predicted molar refractivity (Wildman–Crippen MR) is 152 cm³/mol. The second kappa shape index (κ2) is 13.2. The van der Waals surface area contributed by atoms with Crippen molar-refractivity contribution in [2.24, 2.45) is 0 Å². The van der Waals surface area contributed by atoms with E-state index in [0.29, 0.717) is 9.79 Å². The van der Waals surface area contributed by atoms with Crippen LogP contribution < -0.4 is 9.44 Å². The van der Waals surface area contributed by atoms with E-state index >= 15 is 0 Å². The van der Waals surface area contributed by atoms with Gasteiger partial charge >= 0.3 is 0 Å². The molecule has 0 aliphatic heterocycles. The number of benzene rings is 2. The van der Waals surface area contributed by atoms with Crippen LogP contribution in [-0.2, 0) is 0 Å². The summed E-state index contributed by atoms with van der Waals surface area (Å²) >= 11 is 64.8. The van der Waals surface area contributed by atoms with Gasteiger partial charge in [0.25, 0.3) is 0 Å². The van der Waals surface area contributed by atoms with Crippen LogP contribution in [0.15, 0.2) is 9.79 Å². The monoisotopic (exact) mass is 684 g/mol. The SMILES string of the molecule is Clc1c(Cl)c(Cl)c(SNC2CCCCC(NSc3c(Cl)c(Cl)c(Cl)c(Cl)c3Cl)C2)c(Cl)c1Cl. The summed E-state index contributed by atoms with van der Waals surface area (Å²) in [7, 11) is 0. The van der Waals surface area contributed by atoms with Crippen LogP contribution in [0.2, 0.25) is 50.2 Å². The van der Waals surface area contributed by atoms with E-state index in [0.717, 1.165) is 32.1 Å². The summed E-state index contributed by atoms with van der Waals surface area (Å²) < 4.78 is 6.87. The molecule has 2 nitrogen and oxygen atoms in total. The van der Waals surface area contributed by atoms with E-state index in [-0.39, 0.29) is 62.3 Å². The smallest absolute Gasteiger partial charge is 0.0809 e. The maximum Gasteiger partial charge on any atom is 0.0809 e. The van der Waals surface area contributed by atoms with Gasteiger partial charge in [-0.05, 0) is 43.2 Å². The third kappa shape index (κ3) is 6.89. The molecule has 14 heteroatoms. The van der Waals surface area contributed by atoms with Crippen molar-refractivity contribution in [2.45, 2.75) is 54.0 Å². The molecule has 2 N–H and O–H groups in total. The summed E-state index contributed by atoms with van der Waals surface area (Å²) in [5, 5.41) is 1.97. The fraction of sp³-hybridized carbons (Fsp3) is 0.368. The Bertz CT molecular complexity index is 913. The molecule has 2 aromatic rings. The predicted octanol–water partition coefficient (Wildman–Crippen LogP) is 11.8. The van der Waals surface area contributed by atoms with E-state index in [1.165, 1.54) is 23.9 Å². The van der Waals surface area contributed by atoms with Gasteiger partial charge in [0.05, 0.1) is 60.0 Å². The van der Waals surface area contributed by atoms with E-state index < -0.39 is 0 Å². The largest absolute Gasteiger partial charge is 0.257 e. The molecule has 0 heterocycles. The lowest BCUT2D eigenvalue weighted by atomic mass is 10.1. The molecule has 1 saturated carbocycles. The lowest BCUT2D eigenvalue weighted by molar-refractivity contribution is 0.491. The lowest BCUT2D eigenvalue weighted by Crippen LogP contribution is -2.32. The zero-order valence-corrected chi connectivity index (χ0v) is 25.5. The van der Waals surface area contributed by atoms with Gasteiger partial charge in [-0.15, -0.1) is 0 Å². The van der Waals surface area contributed by atoms with Crippen LogP contribution in [0.3, 0.4) is 0 Å². The van der Waals surface area contributed by atoms with Crippen molar-refractivity contribution in [3.8, 4) is 0 Å². The summed E-state index contributed by atoms with van der Waals surface area (Å²) in [6, 6.07) is 0.332. The molecule has 33 heavy (non-hydrogen) atoms. The Kier molecular flexibility index (Phi) is 11.8. The highest BCUT2D eigenvalue weighted by atomic mass is 35.5. The standard InChI is InChI=1S/C19H14Cl10N2S2/c20-8-10(22)14(26)18(15(27)11(8)23)32-30-6-3-1-2-4-7(5-6)31-33-19-16(28)12(24)9(21)13(25)17(19)29/h6-7,30-31H,1-5H2. The highest BCUT2D eigenvalue weighted by Crippen LogP contribution is 2.48. The fourth-order valence-corrected chi connectivity index (χ4v) is 7.94. The van der Waals surface area contributed by atoms with Gasteiger partial charge in [0.1, 0.15) is 0 Å². The van der Waals surface area contributed by atoms with Crippen LogP contribution in [0.25, 0.3) is 0 Å². The van der Waals surface area contributed by atoms with Crippen LogP contribution in [-0.4, -0.2) is 12.1 Å². The first kappa shape index (κ1) is 29.5. The molecule has 1 fully saturated rings. The van der Waals surface area contributed by atoms with E-state index in [1.807, 2.05) is 0 Å². The molecule has 1 aliphatic carbocycles. The Hall–Kier alpha value is 1.96. The summed E-state index contributed by atoms with van der Waals surface area (Å²) in [5.74, 6) is 0. The molecule has 0 spiro atoms. The van der Waals surface area contributed by atoms with E-state index in [1.54, 1.807) is 0 Å². The summed E-state index contributed by atoms with van der Waals surface area (Å²) in [4.78, 5) is 1.06. The van der Waals surface area contributed by atoms with Gasteiger partial charge in [-0.2, -0.15) is 0 Å². The maximum atomic E-state index is 6.35. The zero-order valence-electron chi connectivity index (χ0n) is 16.3. The Balaban J connectivity index is 1.68. The summed E-state index contributed by atoms with van der Waals surface area (Å²) in [5.41, 5.74) is 0. The Labute approximate surface area is 251 Å². The summed E-state index contributed by atoms with van der Waals surface area (Å²) in [6.45, 7) is 0. The second-order valence-electron chi connectivity index (χ2n) is 7.15. The van der Waals surface area contributed by atoms with Gasteiger partial charge in [0, 0.05) is 12.1 Å². The quantitative estimate of drug-likeness (QED) is 0.137. The van der Waals surface area contributed by atoms with Crippen LogP contribution in [0.5, 0.6) is 0 Å². The normalized spacial score (nSPS) is 19.1. The third-order valence-corrected chi connectivity index (χ3v) is 12.0. The minimum Gasteiger partial charge on any atom is -0.257 e. The fourth-order valence-electron chi connectivity index (χ4n) is 3.21. The topological polar surface area (TPSA) is 24.1 Å². The van der Waals surface area contributed by atoms with E-state index in [9.17, 15) is 0 Å². The molecule has 3 rings (SSSR count). The minimum atomic E-state index is 0.133. The maximum absolute atomic E-state index is 6.35. The zero-order chi connectivity index (χ0) is 24.4. The van der Waals surface area contributed by atoms with Crippen molar-refractivity contribution < 1.29 is 0 Å². The Morgan fingerprint density at radius 2 is 0.727 bits per heavy atom. The van der Waals surface area contributed by atoms with E-state index in [4.69, 9.17) is 116 Å². The average molecular weight is 689 g/mol. The van der Waals surface area contributed by atoms with Crippen molar-refractivity contribution in [1.82, 2.24) is 9.44 Å². The van der Waals surface area contributed by atoms with Crippen molar-refractivity contribution in [3.05, 3.63) is 50.2 Å². The molecular weight excluding hydrogens is 675 g/mol. The molecule has 0 saturated heterocycles. The summed E-state index contributed by atoms with van der Waals surface area (Å²) in [6.07, 6.45) is 4.89. The molecule has 0 amide bonds. The number of rotatable bonds is 6. The first-order chi connectivity index (χ1) is 15.5. The minimum absolute atomic E-state index is 0.133. The van der Waals surface area contributed by atoms with Crippen LogP contribution >= 0.6 is 140 Å². The number of halogens is 10. The molecule has 2 aromatic carbocycles. The van der Waals surface area contributed by atoms with E-state index in [2.05, 4.69) is 9.44 Å². The Morgan fingerprint density at radius 3 is 1.03 bits per heavy atom. The van der Waals surface area contributed by atoms with Crippen LogP contribution in [0.1, 0.15) is 32.1 Å². The molecule has 2 atom stereocenters. The van der Waals surface area contributed by atoms with Gasteiger partial charge < -0.3 is 0 Å². The third-order valence-electron chi connectivity index (χ3n) is 4.92. The molecule has 1 aliphatic rings. The van der Waals surface area contributed by atoms with Gasteiger partial charge in [0.15, 0.2) is 0 Å². The first-order valence-corrected chi connectivity index (χ1v) is 14.8. The van der Waals surface area contributed by atoms with Gasteiger partial charge in [-0.1, -0.05) is 129 Å². The van der Waals surface area contributed by atoms with Crippen molar-refractivity contribution in [1.29, 1.82) is 0 Å². The molecular formula is C19H14Cl10N2S2. The number of nitrogens with one attached hydrogen (secondary N) is 2. The first-order valence-electron chi connectivity index (χ1n) is 9.42. The highest BCUT2D eigenvalue weighted by Gasteiger charge is 2.25. The molecule has 2 unspecified atom stereocenters. The molecule has 182 valence electrons. The highest BCUT2D eigenvalue weighted by molar-refractivity contribution is 7.98. The van der Waals surface area contributed by atoms with Crippen LogP contribution in [0, 0.1) is 0 Å². The van der Waals surface area contributed by atoms with Gasteiger partial charge in [0.2, 0.25) is 0 Å². The Morgan fingerprint density at radius 1 is 0.455 bits per heavy atom. The van der Waals surface area contributed by atoms with Gasteiger partial charge in [-0.3, -0.25) is 9.44 Å². The van der Waals surface area contributed by atoms with Crippen molar-refractivity contribution in [2.75, 3.05) is 0 Å². The number of hydrogen-bond acceptors (Lipinski definition) is 4. The van der Waals surface area contributed by atoms with Crippen molar-refractivity contribution in [3.63, 3.8) is 0 Å². The van der Waals surface area contributed by atoms with Crippen LogP contribution in [0.4, 0.5) is 0 Å². The molecule has 0 aromatic heterocycles. The van der Waals surface area contributed by atoms with Crippen molar-refractivity contribution >= 4 is 140 Å².